The molecule has 3 nitrogen and oxygen atoms in total. The van der Waals surface area contributed by atoms with Crippen molar-refractivity contribution in [1.29, 1.82) is 0 Å². The molecule has 0 fully saturated rings. The van der Waals surface area contributed by atoms with Gasteiger partial charge < -0.3 is 5.32 Å². The Morgan fingerprint density at radius 3 is 2.55 bits per heavy atom. The van der Waals surface area contributed by atoms with Crippen molar-refractivity contribution in [2.45, 2.75) is 54.6 Å². The largest absolute Gasteiger partial charge is 0.316 e. The summed E-state index contributed by atoms with van der Waals surface area (Å²) < 4.78 is 25.7. The molecule has 1 unspecified atom stereocenters. The van der Waals surface area contributed by atoms with Gasteiger partial charge in [-0.25, -0.2) is 4.98 Å². The van der Waals surface area contributed by atoms with Crippen molar-refractivity contribution in [1.82, 2.24) is 4.98 Å². The number of unbranched alkanes of at least 4 members (excludes halogenated alkanes) is 2. The monoisotopic (exact) mass is 440 g/mol. The summed E-state index contributed by atoms with van der Waals surface area (Å²) in [5.41, 5.74) is 0. The van der Waals surface area contributed by atoms with Gasteiger partial charge in [-0.05, 0) is 47.3 Å². The highest BCUT2D eigenvalue weighted by Gasteiger charge is 2.47. The van der Waals surface area contributed by atoms with E-state index in [9.17, 15) is 13.6 Å². The number of anilines is 1. The van der Waals surface area contributed by atoms with Crippen molar-refractivity contribution in [2.24, 2.45) is 0 Å². The molecule has 1 rings (SSSR count). The molecule has 1 atom stereocenters. The first kappa shape index (κ1) is 19.5. The van der Waals surface area contributed by atoms with E-state index in [-0.39, 0.29) is 5.91 Å². The van der Waals surface area contributed by atoms with Crippen molar-refractivity contribution in [3.8, 4) is 0 Å². The van der Waals surface area contributed by atoms with Gasteiger partial charge in [0.25, 0.3) is 0 Å². The molecule has 1 N–H and O–H groups in total. The van der Waals surface area contributed by atoms with Gasteiger partial charge in [-0.2, -0.15) is 8.78 Å². The van der Waals surface area contributed by atoms with E-state index < -0.39 is 9.16 Å². The summed E-state index contributed by atoms with van der Waals surface area (Å²) in [6.07, 6.45) is 4.68. The van der Waals surface area contributed by atoms with Crippen LogP contribution in [0, 0.1) is 0 Å². The lowest BCUT2D eigenvalue weighted by atomic mass is 9.98. The molecule has 1 amide bonds. The van der Waals surface area contributed by atoms with E-state index in [4.69, 9.17) is 0 Å². The van der Waals surface area contributed by atoms with E-state index >= 15 is 0 Å². The van der Waals surface area contributed by atoms with Crippen molar-refractivity contribution in [2.75, 3.05) is 5.32 Å². The molecule has 0 aliphatic carbocycles. The van der Waals surface area contributed by atoms with Crippen LogP contribution in [0.1, 0.15) is 45.4 Å². The molecule has 0 bridgehead atoms. The Morgan fingerprint density at radius 2 is 2.00 bits per heavy atom. The van der Waals surface area contributed by atoms with Gasteiger partial charge in [0.15, 0.2) is 0 Å². The van der Waals surface area contributed by atoms with Crippen LogP contribution < -0.4 is 5.32 Å². The fourth-order valence-electron chi connectivity index (χ4n) is 2.03. The lowest BCUT2D eigenvalue weighted by Gasteiger charge is -2.30. The fraction of sp³-hybridized carbons (Fsp3) is 0.600. The Morgan fingerprint density at radius 1 is 1.27 bits per heavy atom. The van der Waals surface area contributed by atoms with Gasteiger partial charge >= 0.3 is 4.83 Å². The number of aromatic nitrogens is 1. The third-order valence-corrected chi connectivity index (χ3v) is 6.22. The molecular weight excluding hydrogens is 422 g/mol. The minimum Gasteiger partial charge on any atom is -0.311 e. The van der Waals surface area contributed by atoms with Gasteiger partial charge in [0.05, 0.1) is 4.32 Å². The first-order valence-corrected chi connectivity index (χ1v) is 8.83. The summed E-state index contributed by atoms with van der Waals surface area (Å²) in [4.78, 5) is 12.8. The van der Waals surface area contributed by atoms with E-state index in [1.165, 1.54) is 0 Å². The predicted molar refractivity (Wildman–Crippen MR) is 91.8 cm³/mol. The smallest absolute Gasteiger partial charge is 0.311 e. The number of carbonyl (C=O) groups is 1. The number of hydrogen-bond acceptors (Lipinski definition) is 2. The van der Waals surface area contributed by atoms with Crippen LogP contribution in [0.4, 0.5) is 14.6 Å². The van der Waals surface area contributed by atoms with Crippen molar-refractivity contribution in [3.05, 3.63) is 24.4 Å². The Labute approximate surface area is 146 Å². The van der Waals surface area contributed by atoms with Gasteiger partial charge in [-0.1, -0.05) is 41.8 Å². The Kier molecular flexibility index (Phi) is 7.89. The second-order valence-corrected chi connectivity index (χ2v) is 7.65. The number of alkyl halides is 4. The van der Waals surface area contributed by atoms with Gasteiger partial charge in [-0.15, -0.1) is 0 Å². The summed E-state index contributed by atoms with van der Waals surface area (Å²) in [6.45, 7) is 1.73. The predicted octanol–water partition coefficient (Wildman–Crippen LogP) is 5.50. The molecule has 22 heavy (non-hydrogen) atoms. The van der Waals surface area contributed by atoms with Crippen molar-refractivity contribution in [3.63, 3.8) is 0 Å². The molecule has 0 radical (unpaired) electrons. The van der Waals surface area contributed by atoms with Crippen LogP contribution in [-0.2, 0) is 4.79 Å². The molecule has 0 aromatic carbocycles. The second kappa shape index (κ2) is 8.91. The number of hydrogen-bond donors (Lipinski definition) is 1. The van der Waals surface area contributed by atoms with Crippen LogP contribution in [0.3, 0.4) is 0 Å². The molecular formula is C15H20Br2F2N2O. The molecule has 1 heterocycles. The number of halogens is 4. The summed E-state index contributed by atoms with van der Waals surface area (Å²) in [5, 5.41) is 2.70. The van der Waals surface area contributed by atoms with Gasteiger partial charge in [0, 0.05) is 12.6 Å². The second-order valence-electron chi connectivity index (χ2n) is 5.14. The number of nitrogens with zero attached hydrogens (tertiary/aromatic N) is 1. The first-order valence-electron chi connectivity index (χ1n) is 7.25. The minimum absolute atomic E-state index is 0.106. The number of pyridine rings is 1. The molecule has 0 spiro atoms. The minimum atomic E-state index is -2.94. The van der Waals surface area contributed by atoms with Crippen LogP contribution in [0.5, 0.6) is 0 Å². The zero-order valence-corrected chi connectivity index (χ0v) is 15.6. The average Bonchev–Trinajstić information content (AvgIpc) is 2.46. The normalized spacial score (nSPS) is 14.4. The maximum Gasteiger partial charge on any atom is 0.316 e. The van der Waals surface area contributed by atoms with E-state index in [1.54, 1.807) is 31.3 Å². The lowest BCUT2D eigenvalue weighted by molar-refractivity contribution is -0.116. The van der Waals surface area contributed by atoms with Crippen molar-refractivity contribution < 1.29 is 13.6 Å². The van der Waals surface area contributed by atoms with E-state index in [2.05, 4.69) is 42.2 Å². The first-order chi connectivity index (χ1) is 10.3. The summed E-state index contributed by atoms with van der Waals surface area (Å²) in [5.74, 6) is 0.419. The zero-order chi connectivity index (χ0) is 16.6. The topological polar surface area (TPSA) is 42.0 Å². The maximum atomic E-state index is 13.4. The van der Waals surface area contributed by atoms with Crippen LogP contribution in [0.2, 0.25) is 0 Å². The quantitative estimate of drug-likeness (QED) is 0.406. The molecule has 1 aromatic heterocycles. The van der Waals surface area contributed by atoms with Crippen LogP contribution in [0.25, 0.3) is 0 Å². The maximum absolute atomic E-state index is 13.4. The number of carbonyl (C=O) groups excluding carboxylic acids is 1. The number of nitrogens with one attached hydrogen (secondary N) is 1. The lowest BCUT2D eigenvalue weighted by Crippen LogP contribution is -2.37. The van der Waals surface area contributed by atoms with E-state index in [1.807, 2.05) is 0 Å². The molecule has 0 saturated heterocycles. The summed E-state index contributed by atoms with van der Waals surface area (Å²) >= 11 is 5.59. The van der Waals surface area contributed by atoms with Gasteiger partial charge in [0.2, 0.25) is 5.91 Å². The van der Waals surface area contributed by atoms with Crippen molar-refractivity contribution >= 4 is 43.6 Å². The van der Waals surface area contributed by atoms with Crippen LogP contribution in [-0.4, -0.2) is 20.0 Å². The van der Waals surface area contributed by atoms with E-state index in [0.717, 1.165) is 6.42 Å². The Balaban J connectivity index is 2.24. The zero-order valence-electron chi connectivity index (χ0n) is 12.4. The standard InChI is InChI=1S/C15H20Br2F2N2O/c1-2-14(16,15(17,18)19)10-6-3-4-9-13(22)21-12-8-5-7-11-20-12/h5,7-8,11H,2-4,6,9-10H2,1H3,(H,20,21,22). The third kappa shape index (κ3) is 6.28. The van der Waals surface area contributed by atoms with Gasteiger partial charge in [0.1, 0.15) is 5.82 Å². The van der Waals surface area contributed by atoms with Gasteiger partial charge in [-0.3, -0.25) is 4.79 Å². The highest BCUT2D eigenvalue weighted by molar-refractivity contribution is 9.12. The SMILES string of the molecule is CCC(Br)(CCCCCC(=O)Nc1ccccn1)C(F)(F)Br. The molecule has 0 saturated carbocycles. The molecule has 124 valence electrons. The van der Waals surface area contributed by atoms with E-state index in [0.29, 0.717) is 37.9 Å². The summed E-state index contributed by atoms with van der Waals surface area (Å²) in [6, 6.07) is 5.29. The third-order valence-electron chi connectivity index (χ3n) is 3.48. The summed E-state index contributed by atoms with van der Waals surface area (Å²) in [7, 11) is 0. The highest BCUT2D eigenvalue weighted by Crippen LogP contribution is 2.47. The van der Waals surface area contributed by atoms with Crippen LogP contribution in [0.15, 0.2) is 24.4 Å². The fourth-order valence-corrected chi connectivity index (χ4v) is 2.79. The van der Waals surface area contributed by atoms with Crippen LogP contribution >= 0.6 is 31.9 Å². The highest BCUT2D eigenvalue weighted by atomic mass is 79.9. The average molecular weight is 442 g/mol. The Hall–Kier alpha value is -0.560. The number of rotatable bonds is 9. The number of amides is 1. The molecule has 0 aliphatic rings. The molecule has 1 aromatic rings. The molecule has 7 heteroatoms. The molecule has 0 aliphatic heterocycles. The Bertz CT molecular complexity index is 468.